The monoisotopic (exact) mass is 325 g/mol. The number of alkyl halides is 1. The average Bonchev–Trinajstić information content (AvgIpc) is 3.24. The van der Waals surface area contributed by atoms with Gasteiger partial charge in [-0.1, -0.05) is 0 Å². The number of hydrogen-bond donors (Lipinski definition) is 1. The number of carbonyl (C=O) groups excluding carboxylic acids is 1. The molecule has 0 spiro atoms. The van der Waals surface area contributed by atoms with Crippen LogP contribution in [0, 0.1) is 6.92 Å². The van der Waals surface area contributed by atoms with Crippen LogP contribution in [0.3, 0.4) is 0 Å². The molecule has 0 aromatic carbocycles. The van der Waals surface area contributed by atoms with E-state index in [-0.39, 0.29) is 12.8 Å². The van der Waals surface area contributed by atoms with E-state index in [0.717, 1.165) is 22.6 Å². The lowest BCUT2D eigenvalue weighted by atomic mass is 10.2. The van der Waals surface area contributed by atoms with Gasteiger partial charge >= 0.3 is 0 Å². The third-order valence-corrected chi connectivity index (χ3v) is 4.39. The SMILES string of the molecule is Cc1ncc(-c2ccc3cnc(NC(=O)C4(F)CC4)cc3n2)n1C. The van der Waals surface area contributed by atoms with Gasteiger partial charge in [0.05, 0.1) is 23.1 Å². The third kappa shape index (κ3) is 2.42. The van der Waals surface area contributed by atoms with E-state index in [9.17, 15) is 9.18 Å². The molecule has 3 heterocycles. The zero-order valence-corrected chi connectivity index (χ0v) is 13.4. The van der Waals surface area contributed by atoms with Gasteiger partial charge in [-0.2, -0.15) is 0 Å². The quantitative estimate of drug-likeness (QED) is 0.803. The van der Waals surface area contributed by atoms with E-state index in [4.69, 9.17) is 0 Å². The fourth-order valence-electron chi connectivity index (χ4n) is 2.53. The molecule has 1 saturated carbocycles. The lowest BCUT2D eigenvalue weighted by Gasteiger charge is -2.08. The summed E-state index contributed by atoms with van der Waals surface area (Å²) >= 11 is 0. The summed E-state index contributed by atoms with van der Waals surface area (Å²) < 4.78 is 15.7. The number of aryl methyl sites for hydroxylation is 1. The molecule has 1 fully saturated rings. The van der Waals surface area contributed by atoms with Crippen LogP contribution in [0.25, 0.3) is 22.3 Å². The van der Waals surface area contributed by atoms with Crippen LogP contribution in [-0.2, 0) is 11.8 Å². The van der Waals surface area contributed by atoms with E-state index in [2.05, 4.69) is 20.3 Å². The Morgan fingerprint density at radius 3 is 2.75 bits per heavy atom. The Morgan fingerprint density at radius 2 is 2.08 bits per heavy atom. The Morgan fingerprint density at radius 1 is 1.29 bits per heavy atom. The highest BCUT2D eigenvalue weighted by Crippen LogP contribution is 2.40. The maximum absolute atomic E-state index is 13.8. The molecule has 3 aromatic heterocycles. The van der Waals surface area contributed by atoms with Crippen LogP contribution in [0.2, 0.25) is 0 Å². The van der Waals surface area contributed by atoms with Gasteiger partial charge in [-0.15, -0.1) is 0 Å². The van der Waals surface area contributed by atoms with Gasteiger partial charge < -0.3 is 9.88 Å². The molecule has 0 aliphatic heterocycles. The van der Waals surface area contributed by atoms with E-state index >= 15 is 0 Å². The van der Waals surface area contributed by atoms with Crippen molar-refractivity contribution >= 4 is 22.6 Å². The number of aromatic nitrogens is 4. The lowest BCUT2D eigenvalue weighted by Crippen LogP contribution is -2.25. The second kappa shape index (κ2) is 5.09. The predicted octanol–water partition coefficient (Wildman–Crippen LogP) is 2.78. The Kier molecular flexibility index (Phi) is 3.13. The number of halogens is 1. The molecule has 0 unspecified atom stereocenters. The van der Waals surface area contributed by atoms with Crippen molar-refractivity contribution in [1.29, 1.82) is 0 Å². The summed E-state index contributed by atoms with van der Waals surface area (Å²) in [5.41, 5.74) is 0.633. The number of hydrogen-bond acceptors (Lipinski definition) is 4. The molecule has 122 valence electrons. The molecular weight excluding hydrogens is 309 g/mol. The highest BCUT2D eigenvalue weighted by molar-refractivity contribution is 5.99. The number of amides is 1. The number of fused-ring (bicyclic) bond motifs is 1. The Labute approximate surface area is 137 Å². The molecule has 24 heavy (non-hydrogen) atoms. The van der Waals surface area contributed by atoms with Crippen molar-refractivity contribution in [2.24, 2.45) is 7.05 Å². The first-order valence-corrected chi connectivity index (χ1v) is 7.72. The van der Waals surface area contributed by atoms with E-state index in [1.807, 2.05) is 30.7 Å². The van der Waals surface area contributed by atoms with E-state index in [1.165, 1.54) is 0 Å². The summed E-state index contributed by atoms with van der Waals surface area (Å²) in [6.45, 7) is 1.92. The molecule has 7 heteroatoms. The highest BCUT2D eigenvalue weighted by Gasteiger charge is 2.51. The van der Waals surface area contributed by atoms with Crippen LogP contribution in [-0.4, -0.2) is 31.1 Å². The number of nitrogens with zero attached hydrogens (tertiary/aromatic N) is 4. The highest BCUT2D eigenvalue weighted by atomic mass is 19.1. The largest absolute Gasteiger partial charge is 0.330 e. The zero-order valence-electron chi connectivity index (χ0n) is 13.4. The fourth-order valence-corrected chi connectivity index (χ4v) is 2.53. The topological polar surface area (TPSA) is 72.7 Å². The van der Waals surface area contributed by atoms with E-state index < -0.39 is 11.6 Å². The van der Waals surface area contributed by atoms with Gasteiger partial charge in [-0.25, -0.2) is 19.3 Å². The van der Waals surface area contributed by atoms with Crippen LogP contribution in [0.5, 0.6) is 0 Å². The van der Waals surface area contributed by atoms with Crippen molar-refractivity contribution in [2.45, 2.75) is 25.4 Å². The molecular formula is C17H16FN5O. The maximum atomic E-state index is 13.8. The van der Waals surface area contributed by atoms with Gasteiger partial charge in [0.2, 0.25) is 0 Å². The van der Waals surface area contributed by atoms with Gasteiger partial charge in [0, 0.05) is 24.7 Å². The summed E-state index contributed by atoms with van der Waals surface area (Å²) in [4.78, 5) is 24.9. The first kappa shape index (κ1) is 14.7. The summed E-state index contributed by atoms with van der Waals surface area (Å²) in [6.07, 6.45) is 3.94. The molecule has 0 saturated heterocycles. The molecule has 0 atom stereocenters. The van der Waals surface area contributed by atoms with Crippen molar-refractivity contribution in [3.05, 3.63) is 36.4 Å². The zero-order chi connectivity index (χ0) is 16.9. The molecule has 1 amide bonds. The van der Waals surface area contributed by atoms with Crippen LogP contribution in [0.1, 0.15) is 18.7 Å². The average molecular weight is 325 g/mol. The molecule has 3 aromatic rings. The molecule has 1 N–H and O–H groups in total. The van der Waals surface area contributed by atoms with Gasteiger partial charge in [0.1, 0.15) is 11.6 Å². The second-order valence-corrected chi connectivity index (χ2v) is 6.13. The number of pyridine rings is 2. The Balaban J connectivity index is 1.70. The minimum absolute atomic E-state index is 0.272. The lowest BCUT2D eigenvalue weighted by molar-refractivity contribution is -0.122. The maximum Gasteiger partial charge on any atom is 0.263 e. The first-order valence-electron chi connectivity index (χ1n) is 7.72. The van der Waals surface area contributed by atoms with Crippen molar-refractivity contribution < 1.29 is 9.18 Å². The number of nitrogens with one attached hydrogen (secondary N) is 1. The summed E-state index contributed by atoms with van der Waals surface area (Å²) in [6, 6.07) is 5.47. The second-order valence-electron chi connectivity index (χ2n) is 6.13. The van der Waals surface area contributed by atoms with Crippen molar-refractivity contribution in [2.75, 3.05) is 5.32 Å². The van der Waals surface area contributed by atoms with Gasteiger partial charge in [0.25, 0.3) is 5.91 Å². The van der Waals surface area contributed by atoms with Crippen LogP contribution < -0.4 is 5.32 Å². The smallest absolute Gasteiger partial charge is 0.263 e. The summed E-state index contributed by atoms with van der Waals surface area (Å²) in [7, 11) is 1.93. The third-order valence-electron chi connectivity index (χ3n) is 4.39. The Bertz CT molecular complexity index is 961. The van der Waals surface area contributed by atoms with Crippen LogP contribution in [0.4, 0.5) is 10.2 Å². The minimum Gasteiger partial charge on any atom is -0.330 e. The van der Waals surface area contributed by atoms with E-state index in [1.54, 1.807) is 18.5 Å². The van der Waals surface area contributed by atoms with Gasteiger partial charge in [-0.3, -0.25) is 4.79 Å². The molecule has 1 aliphatic rings. The first-order chi connectivity index (χ1) is 11.5. The summed E-state index contributed by atoms with van der Waals surface area (Å²) in [5.74, 6) is 0.572. The number of anilines is 1. The summed E-state index contributed by atoms with van der Waals surface area (Å²) in [5, 5.41) is 3.37. The Hall–Kier alpha value is -2.83. The van der Waals surface area contributed by atoms with Crippen LogP contribution >= 0.6 is 0 Å². The number of imidazole rings is 1. The molecule has 6 nitrogen and oxygen atoms in total. The van der Waals surface area contributed by atoms with Crippen LogP contribution in [0.15, 0.2) is 30.6 Å². The molecule has 0 radical (unpaired) electrons. The van der Waals surface area contributed by atoms with Gasteiger partial charge in [-0.05, 0) is 31.9 Å². The molecule has 0 bridgehead atoms. The number of rotatable bonds is 3. The standard InChI is InChI=1S/C17H16FN5O/c1-10-19-9-14(23(10)2)12-4-3-11-8-20-15(7-13(11)21-12)22-16(24)17(18)5-6-17/h3-4,7-9H,5-6H2,1-2H3,(H,20,22,24). The fraction of sp³-hybridized carbons (Fsp3) is 0.294. The number of carbonyl (C=O) groups is 1. The van der Waals surface area contributed by atoms with Crippen molar-refractivity contribution in [1.82, 2.24) is 19.5 Å². The molecule has 4 rings (SSSR count). The van der Waals surface area contributed by atoms with Gasteiger partial charge in [0.15, 0.2) is 5.67 Å². The van der Waals surface area contributed by atoms with Crippen molar-refractivity contribution in [3.63, 3.8) is 0 Å². The molecule has 1 aliphatic carbocycles. The minimum atomic E-state index is -1.72. The predicted molar refractivity (Wildman–Crippen MR) is 88.2 cm³/mol. The van der Waals surface area contributed by atoms with E-state index in [0.29, 0.717) is 11.3 Å². The van der Waals surface area contributed by atoms with Crippen molar-refractivity contribution in [3.8, 4) is 11.4 Å². The normalized spacial score (nSPS) is 15.5.